The second-order valence-electron chi connectivity index (χ2n) is 5.72. The van der Waals surface area contributed by atoms with Crippen LogP contribution in [0.2, 0.25) is 0 Å². The summed E-state index contributed by atoms with van der Waals surface area (Å²) in [5, 5.41) is 8.94. The summed E-state index contributed by atoms with van der Waals surface area (Å²) in [7, 11) is 0. The molecular weight excluding hydrogens is 250 g/mol. The van der Waals surface area contributed by atoms with Gasteiger partial charge in [-0.1, -0.05) is 24.3 Å². The van der Waals surface area contributed by atoms with Gasteiger partial charge in [0.05, 0.1) is 6.54 Å². The van der Waals surface area contributed by atoms with Crippen molar-refractivity contribution in [3.05, 3.63) is 47.0 Å². The van der Waals surface area contributed by atoms with E-state index < -0.39 is 0 Å². The Kier molecular flexibility index (Phi) is 3.03. The number of hydrogen-bond acceptors (Lipinski definition) is 3. The van der Waals surface area contributed by atoms with Crippen LogP contribution in [0.1, 0.15) is 41.5 Å². The topological polar surface area (TPSA) is 39.9 Å². The second kappa shape index (κ2) is 5.02. The summed E-state index contributed by atoms with van der Waals surface area (Å²) in [6.07, 6.45) is 4.20. The number of rotatable bonds is 1. The third-order valence-corrected chi connectivity index (χ3v) is 4.51. The number of benzene rings is 1. The molecule has 4 heteroatoms. The maximum absolute atomic E-state index is 5.47. The Morgan fingerprint density at radius 2 is 1.80 bits per heavy atom. The fourth-order valence-electron chi connectivity index (χ4n) is 3.34. The van der Waals surface area contributed by atoms with Crippen LogP contribution in [0.25, 0.3) is 0 Å². The molecule has 0 N–H and O–H groups in total. The molecule has 0 unspecified atom stereocenters. The van der Waals surface area contributed by atoms with Crippen LogP contribution in [0.4, 0.5) is 0 Å². The van der Waals surface area contributed by atoms with Crippen molar-refractivity contribution in [2.75, 3.05) is 13.2 Å². The lowest BCUT2D eigenvalue weighted by molar-refractivity contribution is 0.0828. The summed E-state index contributed by atoms with van der Waals surface area (Å²) in [6.45, 7) is 2.62. The van der Waals surface area contributed by atoms with E-state index >= 15 is 0 Å². The molecule has 0 bridgehead atoms. The summed E-state index contributed by atoms with van der Waals surface area (Å²) in [6, 6.07) is 8.73. The number of fused-ring (bicyclic) bond motifs is 2. The molecule has 0 saturated carbocycles. The van der Waals surface area contributed by atoms with Crippen LogP contribution < -0.4 is 0 Å². The predicted octanol–water partition coefficient (Wildman–Crippen LogP) is 2.32. The highest BCUT2D eigenvalue weighted by molar-refractivity contribution is 5.30. The molecule has 20 heavy (non-hydrogen) atoms. The summed E-state index contributed by atoms with van der Waals surface area (Å²) < 4.78 is 7.81. The van der Waals surface area contributed by atoms with E-state index in [-0.39, 0.29) is 0 Å². The molecule has 0 aliphatic carbocycles. The Labute approximate surface area is 118 Å². The highest BCUT2D eigenvalue weighted by Crippen LogP contribution is 2.28. The van der Waals surface area contributed by atoms with Crippen LogP contribution in [-0.4, -0.2) is 28.0 Å². The van der Waals surface area contributed by atoms with Gasteiger partial charge in [-0.3, -0.25) is 0 Å². The lowest BCUT2D eigenvalue weighted by Crippen LogP contribution is -2.19. The third kappa shape index (κ3) is 2.04. The zero-order chi connectivity index (χ0) is 13.4. The first-order chi connectivity index (χ1) is 9.92. The predicted molar refractivity (Wildman–Crippen MR) is 75.8 cm³/mol. The van der Waals surface area contributed by atoms with Crippen molar-refractivity contribution < 1.29 is 4.74 Å². The zero-order valence-corrected chi connectivity index (χ0v) is 11.6. The van der Waals surface area contributed by atoms with E-state index in [2.05, 4.69) is 39.0 Å². The molecule has 2 aliphatic rings. The summed E-state index contributed by atoms with van der Waals surface area (Å²) in [5.41, 5.74) is 2.87. The van der Waals surface area contributed by atoms with Crippen LogP contribution in [0.5, 0.6) is 0 Å². The van der Waals surface area contributed by atoms with Gasteiger partial charge in [0.15, 0.2) is 0 Å². The first-order valence-electron chi connectivity index (χ1n) is 7.48. The minimum Gasteiger partial charge on any atom is -0.381 e. The molecule has 2 aromatic rings. The number of aryl methyl sites for hydroxylation is 2. The van der Waals surface area contributed by atoms with E-state index in [9.17, 15) is 0 Å². The minimum absolute atomic E-state index is 0.510. The van der Waals surface area contributed by atoms with E-state index in [0.717, 1.165) is 51.3 Å². The average Bonchev–Trinajstić information content (AvgIpc) is 2.81. The van der Waals surface area contributed by atoms with Gasteiger partial charge in [-0.05, 0) is 30.4 Å². The highest BCUT2D eigenvalue weighted by atomic mass is 16.5. The lowest BCUT2D eigenvalue weighted by Gasteiger charge is -2.22. The number of nitrogens with zero attached hydrogens (tertiary/aromatic N) is 3. The minimum atomic E-state index is 0.510. The fourth-order valence-corrected chi connectivity index (χ4v) is 3.34. The molecule has 0 atom stereocenters. The van der Waals surface area contributed by atoms with Crippen molar-refractivity contribution in [1.29, 1.82) is 0 Å². The molecule has 1 aromatic carbocycles. The molecule has 1 saturated heterocycles. The van der Waals surface area contributed by atoms with Gasteiger partial charge >= 0.3 is 0 Å². The SMILES string of the molecule is c1ccc2c(c1)CCc1nnc(C3CCOCC3)n1C2. The van der Waals surface area contributed by atoms with Gasteiger partial charge in [0.1, 0.15) is 11.6 Å². The molecule has 3 heterocycles. The zero-order valence-electron chi connectivity index (χ0n) is 11.6. The summed E-state index contributed by atoms with van der Waals surface area (Å²) in [5.74, 6) is 2.82. The third-order valence-electron chi connectivity index (χ3n) is 4.51. The van der Waals surface area contributed by atoms with Crippen LogP contribution in [0.15, 0.2) is 24.3 Å². The van der Waals surface area contributed by atoms with Crippen molar-refractivity contribution in [3.63, 3.8) is 0 Å². The van der Waals surface area contributed by atoms with E-state index in [0.29, 0.717) is 5.92 Å². The monoisotopic (exact) mass is 269 g/mol. The van der Waals surface area contributed by atoms with Gasteiger partial charge in [-0.2, -0.15) is 0 Å². The Morgan fingerprint density at radius 3 is 2.65 bits per heavy atom. The van der Waals surface area contributed by atoms with Crippen molar-refractivity contribution in [2.24, 2.45) is 0 Å². The van der Waals surface area contributed by atoms with Crippen LogP contribution in [-0.2, 0) is 24.1 Å². The van der Waals surface area contributed by atoms with Gasteiger partial charge in [0.25, 0.3) is 0 Å². The van der Waals surface area contributed by atoms with Crippen molar-refractivity contribution in [2.45, 2.75) is 38.1 Å². The first-order valence-corrected chi connectivity index (χ1v) is 7.48. The molecule has 0 radical (unpaired) electrons. The quantitative estimate of drug-likeness (QED) is 0.797. The smallest absolute Gasteiger partial charge is 0.136 e. The number of ether oxygens (including phenoxy) is 1. The van der Waals surface area contributed by atoms with E-state index in [4.69, 9.17) is 4.74 Å². The molecule has 4 rings (SSSR count). The van der Waals surface area contributed by atoms with Gasteiger partial charge in [0.2, 0.25) is 0 Å². The van der Waals surface area contributed by atoms with E-state index in [1.54, 1.807) is 0 Å². The molecule has 4 nitrogen and oxygen atoms in total. The molecule has 0 spiro atoms. The number of aromatic nitrogens is 3. The second-order valence-corrected chi connectivity index (χ2v) is 5.72. The Bertz CT molecular complexity index is 614. The standard InChI is InChI=1S/C16H19N3O/c1-2-4-14-11-19-15(6-5-12(14)3-1)17-18-16(19)13-7-9-20-10-8-13/h1-4,13H,5-11H2. The fraction of sp³-hybridized carbons (Fsp3) is 0.500. The highest BCUT2D eigenvalue weighted by Gasteiger charge is 2.25. The normalized spacial score (nSPS) is 19.2. The molecular formula is C16H19N3O. The molecule has 104 valence electrons. The summed E-state index contributed by atoms with van der Waals surface area (Å²) >= 11 is 0. The van der Waals surface area contributed by atoms with Crippen LogP contribution >= 0.6 is 0 Å². The van der Waals surface area contributed by atoms with Crippen LogP contribution in [0, 0.1) is 0 Å². The summed E-state index contributed by atoms with van der Waals surface area (Å²) in [4.78, 5) is 0. The Morgan fingerprint density at radius 1 is 1.00 bits per heavy atom. The molecule has 1 fully saturated rings. The van der Waals surface area contributed by atoms with Gasteiger partial charge in [0, 0.05) is 25.6 Å². The maximum atomic E-state index is 5.47. The molecule has 1 aromatic heterocycles. The first kappa shape index (κ1) is 12.1. The molecule has 2 aliphatic heterocycles. The van der Waals surface area contributed by atoms with Crippen LogP contribution in [0.3, 0.4) is 0 Å². The number of hydrogen-bond donors (Lipinski definition) is 0. The van der Waals surface area contributed by atoms with Gasteiger partial charge < -0.3 is 9.30 Å². The molecule has 0 amide bonds. The van der Waals surface area contributed by atoms with Gasteiger partial charge in [-0.25, -0.2) is 0 Å². The van der Waals surface area contributed by atoms with E-state index in [1.807, 2.05) is 0 Å². The lowest BCUT2D eigenvalue weighted by atomic mass is 9.99. The van der Waals surface area contributed by atoms with Gasteiger partial charge in [-0.15, -0.1) is 10.2 Å². The maximum Gasteiger partial charge on any atom is 0.136 e. The largest absolute Gasteiger partial charge is 0.381 e. The Hall–Kier alpha value is -1.68. The van der Waals surface area contributed by atoms with E-state index in [1.165, 1.54) is 17.0 Å². The van der Waals surface area contributed by atoms with Crippen molar-refractivity contribution in [1.82, 2.24) is 14.8 Å². The van der Waals surface area contributed by atoms with Crippen molar-refractivity contribution in [3.8, 4) is 0 Å². The Balaban J connectivity index is 1.71. The average molecular weight is 269 g/mol. The van der Waals surface area contributed by atoms with Crippen molar-refractivity contribution >= 4 is 0 Å².